The summed E-state index contributed by atoms with van der Waals surface area (Å²) in [6.45, 7) is 4.98. The topological polar surface area (TPSA) is 51.0 Å². The molecule has 0 unspecified atom stereocenters. The molecule has 1 aromatic heterocycles. The SMILES string of the molecule is CC(C)NCc1noc(CC23CC4CC(CC(C4)C2)C3)n1. The molecule has 4 saturated carbocycles. The number of hydrogen-bond acceptors (Lipinski definition) is 4. The highest BCUT2D eigenvalue weighted by atomic mass is 16.5. The van der Waals surface area contributed by atoms with E-state index in [0.29, 0.717) is 18.0 Å². The molecule has 4 aliphatic rings. The van der Waals surface area contributed by atoms with E-state index in [0.717, 1.165) is 35.9 Å². The van der Waals surface area contributed by atoms with E-state index in [9.17, 15) is 0 Å². The molecule has 0 radical (unpaired) electrons. The van der Waals surface area contributed by atoms with Crippen LogP contribution in [0.25, 0.3) is 0 Å². The molecule has 4 nitrogen and oxygen atoms in total. The van der Waals surface area contributed by atoms with Gasteiger partial charge >= 0.3 is 0 Å². The molecule has 0 atom stereocenters. The van der Waals surface area contributed by atoms with Crippen molar-refractivity contribution < 1.29 is 4.52 Å². The second kappa shape index (κ2) is 5.08. The van der Waals surface area contributed by atoms with Crippen LogP contribution < -0.4 is 5.32 Å². The van der Waals surface area contributed by atoms with Crippen molar-refractivity contribution in [1.82, 2.24) is 15.5 Å². The fourth-order valence-electron chi connectivity index (χ4n) is 5.56. The van der Waals surface area contributed by atoms with Crippen LogP contribution in [0.3, 0.4) is 0 Å². The largest absolute Gasteiger partial charge is 0.339 e. The van der Waals surface area contributed by atoms with E-state index in [-0.39, 0.29) is 0 Å². The van der Waals surface area contributed by atoms with Crippen molar-refractivity contribution in [1.29, 1.82) is 0 Å². The lowest BCUT2D eigenvalue weighted by Gasteiger charge is -2.56. The minimum absolute atomic E-state index is 0.454. The highest BCUT2D eigenvalue weighted by molar-refractivity contribution is 5.04. The summed E-state index contributed by atoms with van der Waals surface area (Å²) in [5.41, 5.74) is 0.490. The molecule has 1 aromatic rings. The van der Waals surface area contributed by atoms with Gasteiger partial charge in [-0.15, -0.1) is 0 Å². The zero-order chi connectivity index (χ0) is 14.4. The van der Waals surface area contributed by atoms with Crippen molar-refractivity contribution in [3.8, 4) is 0 Å². The fraction of sp³-hybridized carbons (Fsp3) is 0.882. The summed E-state index contributed by atoms with van der Waals surface area (Å²) in [4.78, 5) is 4.62. The van der Waals surface area contributed by atoms with Crippen molar-refractivity contribution in [3.63, 3.8) is 0 Å². The first-order chi connectivity index (χ1) is 10.1. The minimum atomic E-state index is 0.454. The highest BCUT2D eigenvalue weighted by Gasteiger charge is 2.51. The Balaban J connectivity index is 1.44. The lowest BCUT2D eigenvalue weighted by molar-refractivity contribution is -0.0556. The smallest absolute Gasteiger partial charge is 0.227 e. The maximum absolute atomic E-state index is 5.53. The molecule has 116 valence electrons. The van der Waals surface area contributed by atoms with Crippen LogP contribution in [0.15, 0.2) is 4.52 Å². The summed E-state index contributed by atoms with van der Waals surface area (Å²) in [5.74, 6) is 4.64. The van der Waals surface area contributed by atoms with Crippen LogP contribution in [0.2, 0.25) is 0 Å². The summed E-state index contributed by atoms with van der Waals surface area (Å²) in [7, 11) is 0. The molecule has 5 rings (SSSR count). The number of nitrogens with one attached hydrogen (secondary N) is 1. The van der Waals surface area contributed by atoms with Gasteiger partial charge in [0.2, 0.25) is 5.89 Å². The Kier molecular flexibility index (Phi) is 3.32. The van der Waals surface area contributed by atoms with E-state index in [2.05, 4.69) is 29.3 Å². The normalized spacial score (nSPS) is 37.6. The summed E-state index contributed by atoms with van der Waals surface area (Å²) in [5, 5.41) is 7.49. The first kappa shape index (κ1) is 13.7. The number of hydrogen-bond donors (Lipinski definition) is 1. The molecule has 4 aliphatic carbocycles. The predicted molar refractivity (Wildman–Crippen MR) is 80.6 cm³/mol. The Morgan fingerprint density at radius 2 is 1.76 bits per heavy atom. The second-order valence-corrected chi connectivity index (χ2v) is 8.23. The van der Waals surface area contributed by atoms with E-state index >= 15 is 0 Å². The Labute approximate surface area is 127 Å². The van der Waals surface area contributed by atoms with Crippen molar-refractivity contribution in [2.24, 2.45) is 23.2 Å². The van der Waals surface area contributed by atoms with E-state index in [1.165, 1.54) is 38.5 Å². The van der Waals surface area contributed by atoms with Crippen LogP contribution in [-0.4, -0.2) is 16.2 Å². The zero-order valence-electron chi connectivity index (χ0n) is 13.3. The number of rotatable bonds is 5. The summed E-state index contributed by atoms with van der Waals surface area (Å²) in [6, 6.07) is 0.454. The molecule has 1 N–H and O–H groups in total. The third kappa shape index (κ3) is 2.75. The fourth-order valence-corrected chi connectivity index (χ4v) is 5.56. The molecule has 0 aliphatic heterocycles. The molecular formula is C17H27N3O. The molecule has 1 heterocycles. The van der Waals surface area contributed by atoms with Gasteiger partial charge in [-0.2, -0.15) is 4.98 Å². The maximum Gasteiger partial charge on any atom is 0.227 e. The van der Waals surface area contributed by atoms with Gasteiger partial charge in [-0.1, -0.05) is 19.0 Å². The van der Waals surface area contributed by atoms with Gasteiger partial charge < -0.3 is 9.84 Å². The first-order valence-corrected chi connectivity index (χ1v) is 8.65. The van der Waals surface area contributed by atoms with Crippen molar-refractivity contribution in [2.45, 2.75) is 71.4 Å². The molecule has 0 spiro atoms. The molecule has 4 fully saturated rings. The summed E-state index contributed by atoms with van der Waals surface area (Å²) in [6.07, 6.45) is 9.71. The molecule has 0 amide bonds. The quantitative estimate of drug-likeness (QED) is 0.903. The molecule has 4 bridgehead atoms. The molecule has 0 saturated heterocycles. The van der Waals surface area contributed by atoms with Crippen LogP contribution in [0.5, 0.6) is 0 Å². The van der Waals surface area contributed by atoms with Crippen molar-refractivity contribution in [3.05, 3.63) is 11.7 Å². The summed E-state index contributed by atoms with van der Waals surface area (Å²) < 4.78 is 5.53. The third-order valence-corrected chi connectivity index (χ3v) is 5.87. The third-order valence-electron chi connectivity index (χ3n) is 5.87. The van der Waals surface area contributed by atoms with Gasteiger partial charge in [0, 0.05) is 12.5 Å². The highest BCUT2D eigenvalue weighted by Crippen LogP contribution is 2.60. The monoisotopic (exact) mass is 289 g/mol. The first-order valence-electron chi connectivity index (χ1n) is 8.65. The number of nitrogens with zero attached hydrogens (tertiary/aromatic N) is 2. The van der Waals surface area contributed by atoms with E-state index in [1.54, 1.807) is 0 Å². The average Bonchev–Trinajstić information content (AvgIpc) is 2.81. The van der Waals surface area contributed by atoms with Gasteiger partial charge in [-0.05, 0) is 61.7 Å². The van der Waals surface area contributed by atoms with Crippen molar-refractivity contribution in [2.75, 3.05) is 0 Å². The standard InChI is InChI=1S/C17H27N3O/c1-11(2)18-10-15-19-16(21-20-15)9-17-6-12-3-13(7-17)5-14(4-12)8-17/h11-14,18H,3-10H2,1-2H3. The Morgan fingerprint density at radius 3 is 2.33 bits per heavy atom. The average molecular weight is 289 g/mol. The van der Waals surface area contributed by atoms with Gasteiger partial charge in [-0.3, -0.25) is 0 Å². The van der Waals surface area contributed by atoms with E-state index in [1.807, 2.05) is 0 Å². The van der Waals surface area contributed by atoms with Crippen LogP contribution in [-0.2, 0) is 13.0 Å². The van der Waals surface area contributed by atoms with Gasteiger partial charge in [-0.25, -0.2) is 0 Å². The number of aromatic nitrogens is 2. The lowest BCUT2D eigenvalue weighted by atomic mass is 9.49. The van der Waals surface area contributed by atoms with Gasteiger partial charge in [0.25, 0.3) is 0 Å². The van der Waals surface area contributed by atoms with Crippen LogP contribution >= 0.6 is 0 Å². The predicted octanol–water partition coefficient (Wildman–Crippen LogP) is 3.33. The summed E-state index contributed by atoms with van der Waals surface area (Å²) >= 11 is 0. The molecular weight excluding hydrogens is 262 g/mol. The minimum Gasteiger partial charge on any atom is -0.339 e. The molecule has 4 heteroatoms. The van der Waals surface area contributed by atoms with E-state index in [4.69, 9.17) is 4.52 Å². The van der Waals surface area contributed by atoms with Gasteiger partial charge in [0.05, 0.1) is 6.54 Å². The second-order valence-electron chi connectivity index (χ2n) is 8.23. The zero-order valence-corrected chi connectivity index (χ0v) is 13.3. The van der Waals surface area contributed by atoms with Crippen molar-refractivity contribution >= 4 is 0 Å². The molecule has 0 aromatic carbocycles. The Bertz CT molecular complexity index is 473. The Morgan fingerprint density at radius 1 is 1.14 bits per heavy atom. The van der Waals surface area contributed by atoms with Crippen LogP contribution in [0.1, 0.15) is 64.1 Å². The van der Waals surface area contributed by atoms with E-state index < -0.39 is 0 Å². The maximum atomic E-state index is 5.53. The molecule has 21 heavy (non-hydrogen) atoms. The van der Waals surface area contributed by atoms with Gasteiger partial charge in [0.1, 0.15) is 0 Å². The van der Waals surface area contributed by atoms with Crippen LogP contribution in [0.4, 0.5) is 0 Å². The lowest BCUT2D eigenvalue weighted by Crippen LogP contribution is -2.47. The van der Waals surface area contributed by atoms with Gasteiger partial charge in [0.15, 0.2) is 5.82 Å². The Hall–Kier alpha value is -0.900. The van der Waals surface area contributed by atoms with Crippen LogP contribution in [0, 0.1) is 23.2 Å².